The molecule has 0 atom stereocenters. The van der Waals surface area contributed by atoms with Crippen LogP contribution in [0, 0.1) is 17.6 Å². The lowest BCUT2D eigenvalue weighted by molar-refractivity contribution is -0.138. The maximum absolute atomic E-state index is 14.7. The van der Waals surface area contributed by atoms with Gasteiger partial charge in [0.15, 0.2) is 5.65 Å². The molecular weight excluding hydrogens is 578 g/mol. The summed E-state index contributed by atoms with van der Waals surface area (Å²) < 4.78 is 31.4. The Morgan fingerprint density at radius 3 is 2.22 bits per heavy atom. The predicted molar refractivity (Wildman–Crippen MR) is 168 cm³/mol. The van der Waals surface area contributed by atoms with Gasteiger partial charge in [-0.15, -0.1) is 0 Å². The predicted octanol–water partition coefficient (Wildman–Crippen LogP) is 5.38. The van der Waals surface area contributed by atoms with Gasteiger partial charge in [-0.3, -0.25) is 9.36 Å². The Kier molecular flexibility index (Phi) is 8.85. The quantitative estimate of drug-likeness (QED) is 0.322. The van der Waals surface area contributed by atoms with E-state index in [0.717, 1.165) is 77.3 Å². The number of benzene rings is 1. The lowest BCUT2D eigenvalue weighted by atomic mass is 9.84. The fourth-order valence-corrected chi connectivity index (χ4v) is 7.92. The molecular formula is C33H44F2N8O2. The number of aliphatic hydroxyl groups is 1. The molecule has 0 unspecified atom stereocenters. The number of carbonyl (C=O) groups excluding carboxylic acids is 1. The van der Waals surface area contributed by atoms with Gasteiger partial charge < -0.3 is 25.5 Å². The zero-order valence-electron chi connectivity index (χ0n) is 25.8. The number of carbonyl (C=O) groups is 1. The van der Waals surface area contributed by atoms with Crippen LogP contribution in [0.2, 0.25) is 0 Å². The number of aromatic nitrogens is 4. The molecule has 2 aromatic heterocycles. The molecule has 4 aliphatic rings. The van der Waals surface area contributed by atoms with Crippen LogP contribution in [-0.2, 0) is 4.79 Å². The van der Waals surface area contributed by atoms with E-state index in [4.69, 9.17) is 4.98 Å². The summed E-state index contributed by atoms with van der Waals surface area (Å²) in [6.45, 7) is 4.06. The number of hydrogen-bond acceptors (Lipinski definition) is 8. The average Bonchev–Trinajstić information content (AvgIpc) is 3.72. The number of piperidine rings is 1. The summed E-state index contributed by atoms with van der Waals surface area (Å²) in [6.07, 6.45) is 12.1. The molecule has 1 aromatic carbocycles. The monoisotopic (exact) mass is 622 g/mol. The number of imidazole rings is 1. The van der Waals surface area contributed by atoms with Crippen LogP contribution in [0.3, 0.4) is 0 Å². The summed E-state index contributed by atoms with van der Waals surface area (Å²) in [7, 11) is 0. The summed E-state index contributed by atoms with van der Waals surface area (Å²) in [5.74, 6) is -0.390. The van der Waals surface area contributed by atoms with Gasteiger partial charge in [0.05, 0.1) is 12.3 Å². The number of hydrogen-bond donors (Lipinski definition) is 3. The fourth-order valence-electron chi connectivity index (χ4n) is 7.92. The normalized spacial score (nSPS) is 26.8. The number of aliphatic hydroxyl groups excluding tert-OH is 1. The third-order valence-corrected chi connectivity index (χ3v) is 10.5. The molecule has 242 valence electrons. The zero-order chi connectivity index (χ0) is 30.9. The molecule has 3 aromatic rings. The van der Waals surface area contributed by atoms with Crippen molar-refractivity contribution in [1.82, 2.24) is 29.3 Å². The number of likely N-dealkylation sites (tertiary alicyclic amines) is 2. The minimum absolute atomic E-state index is 0.0201. The second-order valence-corrected chi connectivity index (χ2v) is 13.4. The van der Waals surface area contributed by atoms with Crippen LogP contribution in [0.25, 0.3) is 11.2 Å². The highest BCUT2D eigenvalue weighted by Gasteiger charge is 2.35. The van der Waals surface area contributed by atoms with Gasteiger partial charge in [0.25, 0.3) is 0 Å². The summed E-state index contributed by atoms with van der Waals surface area (Å²) in [4.78, 5) is 32.3. The van der Waals surface area contributed by atoms with E-state index in [1.807, 2.05) is 4.57 Å². The van der Waals surface area contributed by atoms with Crippen molar-refractivity contribution in [3.63, 3.8) is 0 Å². The fraction of sp³-hybridized carbons (Fsp3) is 0.636. The molecule has 4 heterocycles. The van der Waals surface area contributed by atoms with E-state index < -0.39 is 11.6 Å². The topological polar surface area (TPSA) is 111 Å². The van der Waals surface area contributed by atoms with Gasteiger partial charge in [-0.05, 0) is 102 Å². The SMILES string of the molecule is O=C([C@H]1CC[C@@H](n2c(Nc3c(F)cccc3F)nc3cnc(N[C@H]4CC[C@H](O)CC4)nc32)CC1)N1CCC(N2CCCC2)CC1. The lowest BCUT2D eigenvalue weighted by Crippen LogP contribution is -2.48. The third-order valence-electron chi connectivity index (χ3n) is 10.5. The summed E-state index contributed by atoms with van der Waals surface area (Å²) in [5.41, 5.74) is 0.849. The van der Waals surface area contributed by atoms with Crippen LogP contribution in [0.15, 0.2) is 24.4 Å². The molecule has 12 heteroatoms. The highest BCUT2D eigenvalue weighted by atomic mass is 19.1. The smallest absolute Gasteiger partial charge is 0.225 e. The number of fused-ring (bicyclic) bond motifs is 1. The van der Waals surface area contributed by atoms with Gasteiger partial charge in [-0.2, -0.15) is 4.98 Å². The number of rotatable bonds is 7. The van der Waals surface area contributed by atoms with Crippen molar-refractivity contribution in [3.05, 3.63) is 36.0 Å². The highest BCUT2D eigenvalue weighted by molar-refractivity contribution is 5.79. The second kappa shape index (κ2) is 13.2. The van der Waals surface area contributed by atoms with Crippen molar-refractivity contribution in [3.8, 4) is 0 Å². The molecule has 45 heavy (non-hydrogen) atoms. The van der Waals surface area contributed by atoms with Gasteiger partial charge >= 0.3 is 0 Å². The zero-order valence-corrected chi connectivity index (χ0v) is 25.8. The number of nitrogens with zero attached hydrogens (tertiary/aromatic N) is 6. The van der Waals surface area contributed by atoms with Crippen LogP contribution in [0.5, 0.6) is 0 Å². The van der Waals surface area contributed by atoms with Crippen molar-refractivity contribution in [2.75, 3.05) is 36.8 Å². The molecule has 0 radical (unpaired) electrons. The average molecular weight is 623 g/mol. The van der Waals surface area contributed by atoms with Gasteiger partial charge in [0.1, 0.15) is 22.8 Å². The van der Waals surface area contributed by atoms with E-state index in [9.17, 15) is 18.7 Å². The van der Waals surface area contributed by atoms with E-state index >= 15 is 0 Å². The van der Waals surface area contributed by atoms with Gasteiger partial charge in [0, 0.05) is 37.1 Å². The van der Waals surface area contributed by atoms with Crippen molar-refractivity contribution in [2.24, 2.45) is 5.92 Å². The van der Waals surface area contributed by atoms with Crippen LogP contribution in [0.4, 0.5) is 26.4 Å². The largest absolute Gasteiger partial charge is 0.393 e. The van der Waals surface area contributed by atoms with E-state index in [-0.39, 0.29) is 35.7 Å². The molecule has 2 aliphatic heterocycles. The van der Waals surface area contributed by atoms with Gasteiger partial charge in [0.2, 0.25) is 17.8 Å². The molecule has 2 saturated heterocycles. The molecule has 2 saturated carbocycles. The summed E-state index contributed by atoms with van der Waals surface area (Å²) in [5, 5.41) is 16.2. The van der Waals surface area contributed by atoms with Crippen LogP contribution in [0.1, 0.15) is 83.1 Å². The molecule has 3 N–H and O–H groups in total. The van der Waals surface area contributed by atoms with Crippen molar-refractivity contribution in [2.45, 2.75) is 101 Å². The lowest BCUT2D eigenvalue weighted by Gasteiger charge is -2.39. The number of nitrogens with one attached hydrogen (secondary N) is 2. The number of halogens is 2. The summed E-state index contributed by atoms with van der Waals surface area (Å²) >= 11 is 0. The van der Waals surface area contributed by atoms with E-state index in [0.29, 0.717) is 29.1 Å². The third kappa shape index (κ3) is 6.49. The number of para-hydroxylation sites is 1. The molecule has 0 bridgehead atoms. The molecule has 1 amide bonds. The summed E-state index contributed by atoms with van der Waals surface area (Å²) in [6, 6.07) is 4.48. The Labute approximate surface area is 262 Å². The van der Waals surface area contributed by atoms with Crippen LogP contribution >= 0.6 is 0 Å². The van der Waals surface area contributed by atoms with E-state index in [2.05, 4.69) is 30.4 Å². The van der Waals surface area contributed by atoms with E-state index in [1.54, 1.807) is 6.20 Å². The first-order valence-electron chi connectivity index (χ1n) is 16.9. The molecule has 10 nitrogen and oxygen atoms in total. The van der Waals surface area contributed by atoms with Crippen LogP contribution in [-0.4, -0.2) is 84.7 Å². The number of amides is 1. The minimum Gasteiger partial charge on any atom is -0.393 e. The molecule has 0 spiro atoms. The Hall–Kier alpha value is -3.38. The molecule has 2 aliphatic carbocycles. The Bertz CT molecular complexity index is 1470. The Balaban J connectivity index is 1.09. The van der Waals surface area contributed by atoms with Crippen molar-refractivity contribution in [1.29, 1.82) is 0 Å². The maximum atomic E-state index is 14.7. The van der Waals surface area contributed by atoms with Crippen molar-refractivity contribution < 1.29 is 18.7 Å². The maximum Gasteiger partial charge on any atom is 0.225 e. The standard InChI is InChI=1S/C33H44F2N8O2/c34-26-4-3-5-27(35)29(26)39-33-38-28-20-36-32(37-22-8-12-25(44)13-9-22)40-30(28)43(33)24-10-6-21(7-11-24)31(45)42-18-14-23(15-19-42)41-16-1-2-17-41/h3-5,20-25,44H,1-2,6-19H2,(H,38,39)(H,36,37,40)/t21-,22-,24+,25-. The second-order valence-electron chi connectivity index (χ2n) is 13.4. The minimum atomic E-state index is -0.704. The highest BCUT2D eigenvalue weighted by Crippen LogP contribution is 2.39. The first-order chi connectivity index (χ1) is 21.9. The first kappa shape index (κ1) is 30.3. The first-order valence-corrected chi connectivity index (χ1v) is 16.9. The molecule has 4 fully saturated rings. The van der Waals surface area contributed by atoms with Crippen molar-refractivity contribution >= 4 is 34.7 Å². The number of anilines is 3. The Morgan fingerprint density at radius 1 is 0.844 bits per heavy atom. The van der Waals surface area contributed by atoms with Gasteiger partial charge in [-0.25, -0.2) is 18.7 Å². The Morgan fingerprint density at radius 2 is 1.53 bits per heavy atom. The van der Waals surface area contributed by atoms with E-state index in [1.165, 1.54) is 44.1 Å². The molecule has 7 rings (SSSR count). The van der Waals surface area contributed by atoms with Gasteiger partial charge in [-0.1, -0.05) is 6.07 Å². The van der Waals surface area contributed by atoms with Crippen LogP contribution < -0.4 is 10.6 Å².